The Bertz CT molecular complexity index is 540. The highest BCUT2D eigenvalue weighted by Gasteiger charge is 2.13. The van der Waals surface area contributed by atoms with Crippen molar-refractivity contribution in [1.29, 1.82) is 5.26 Å². The molecule has 0 unspecified atom stereocenters. The minimum atomic E-state index is 0.0654. The van der Waals surface area contributed by atoms with Gasteiger partial charge in [-0.25, -0.2) is 4.98 Å². The maximum Gasteiger partial charge on any atom is 0.232 e. The van der Waals surface area contributed by atoms with Gasteiger partial charge in [-0.1, -0.05) is 30.3 Å². The second-order valence-electron chi connectivity index (χ2n) is 3.80. The maximum absolute atomic E-state index is 8.90. The lowest BCUT2D eigenvalue weighted by Gasteiger charge is -2.12. The van der Waals surface area contributed by atoms with E-state index in [1.54, 1.807) is 6.92 Å². The molecule has 0 aliphatic rings. The van der Waals surface area contributed by atoms with Crippen LogP contribution in [0, 0.1) is 18.3 Å². The van der Waals surface area contributed by atoms with Crippen LogP contribution in [0.15, 0.2) is 34.7 Å². The van der Waals surface area contributed by atoms with Crippen molar-refractivity contribution in [3.63, 3.8) is 0 Å². The molecule has 0 aliphatic heterocycles. The fraction of sp³-hybridized carbons (Fsp3) is 0.231. The number of benzene rings is 1. The lowest BCUT2D eigenvalue weighted by molar-refractivity contribution is 0.527. The fourth-order valence-corrected chi connectivity index (χ4v) is 1.62. The molecule has 1 aromatic carbocycles. The van der Waals surface area contributed by atoms with E-state index in [0.717, 1.165) is 5.56 Å². The molecular formula is C13H13N3O. The number of aromatic nitrogens is 1. The average molecular weight is 227 g/mol. The molecule has 0 saturated carbocycles. The summed E-state index contributed by atoms with van der Waals surface area (Å²) in [6.45, 7) is 3.73. The summed E-state index contributed by atoms with van der Waals surface area (Å²) in [5.41, 5.74) is 1.43. The van der Waals surface area contributed by atoms with Crippen LogP contribution in [0.3, 0.4) is 0 Å². The summed E-state index contributed by atoms with van der Waals surface area (Å²) in [6.07, 6.45) is 0. The van der Waals surface area contributed by atoms with Crippen LogP contribution in [0.1, 0.15) is 30.1 Å². The smallest absolute Gasteiger partial charge is 0.232 e. The lowest BCUT2D eigenvalue weighted by atomic mass is 10.1. The molecule has 0 fully saturated rings. The monoisotopic (exact) mass is 227 g/mol. The van der Waals surface area contributed by atoms with E-state index in [0.29, 0.717) is 17.5 Å². The van der Waals surface area contributed by atoms with Crippen LogP contribution < -0.4 is 5.32 Å². The summed E-state index contributed by atoms with van der Waals surface area (Å²) in [5, 5.41) is 12.0. The van der Waals surface area contributed by atoms with Gasteiger partial charge in [-0.05, 0) is 12.5 Å². The molecule has 1 atom stereocenters. The molecule has 0 saturated heterocycles. The zero-order valence-corrected chi connectivity index (χ0v) is 9.77. The van der Waals surface area contributed by atoms with Crippen molar-refractivity contribution >= 4 is 5.88 Å². The number of oxazole rings is 1. The highest BCUT2D eigenvalue weighted by molar-refractivity contribution is 5.46. The number of nitriles is 1. The first-order chi connectivity index (χ1) is 8.20. The summed E-state index contributed by atoms with van der Waals surface area (Å²) in [6, 6.07) is 12.0. The zero-order chi connectivity index (χ0) is 12.3. The van der Waals surface area contributed by atoms with Crippen LogP contribution in [-0.4, -0.2) is 4.98 Å². The van der Waals surface area contributed by atoms with E-state index in [-0.39, 0.29) is 6.04 Å². The number of rotatable bonds is 3. The van der Waals surface area contributed by atoms with Gasteiger partial charge in [0.15, 0.2) is 5.89 Å². The summed E-state index contributed by atoms with van der Waals surface area (Å²) in [5.74, 6) is 0.922. The molecule has 17 heavy (non-hydrogen) atoms. The minimum absolute atomic E-state index is 0.0654. The van der Waals surface area contributed by atoms with Crippen molar-refractivity contribution < 1.29 is 4.42 Å². The number of anilines is 1. The van der Waals surface area contributed by atoms with Crippen LogP contribution in [0.4, 0.5) is 5.88 Å². The molecule has 1 aromatic heterocycles. The molecule has 1 heterocycles. The number of aryl methyl sites for hydroxylation is 1. The Morgan fingerprint density at radius 3 is 2.71 bits per heavy atom. The third-order valence-electron chi connectivity index (χ3n) is 2.49. The number of hydrogen-bond donors (Lipinski definition) is 1. The van der Waals surface area contributed by atoms with Gasteiger partial charge in [-0.15, -0.1) is 0 Å². The topological polar surface area (TPSA) is 61.9 Å². The second-order valence-corrected chi connectivity index (χ2v) is 3.80. The van der Waals surface area contributed by atoms with E-state index < -0.39 is 0 Å². The Morgan fingerprint density at radius 1 is 1.35 bits per heavy atom. The number of hydrogen-bond acceptors (Lipinski definition) is 4. The molecule has 4 nitrogen and oxygen atoms in total. The van der Waals surface area contributed by atoms with Crippen LogP contribution in [0.25, 0.3) is 0 Å². The summed E-state index contributed by atoms with van der Waals surface area (Å²) in [4.78, 5) is 3.99. The van der Waals surface area contributed by atoms with Crippen molar-refractivity contribution in [2.75, 3.05) is 5.32 Å². The van der Waals surface area contributed by atoms with Crippen molar-refractivity contribution in [2.45, 2.75) is 19.9 Å². The van der Waals surface area contributed by atoms with E-state index in [2.05, 4.69) is 10.3 Å². The molecular weight excluding hydrogens is 214 g/mol. The summed E-state index contributed by atoms with van der Waals surface area (Å²) in [7, 11) is 0. The van der Waals surface area contributed by atoms with Crippen LogP contribution in [0.2, 0.25) is 0 Å². The largest absolute Gasteiger partial charge is 0.424 e. The molecule has 0 radical (unpaired) electrons. The van der Waals surface area contributed by atoms with E-state index in [1.165, 1.54) is 0 Å². The summed E-state index contributed by atoms with van der Waals surface area (Å²) < 4.78 is 5.35. The van der Waals surface area contributed by atoms with Gasteiger partial charge in [0, 0.05) is 6.92 Å². The van der Waals surface area contributed by atoms with Gasteiger partial charge in [0.2, 0.25) is 11.6 Å². The predicted octanol–water partition coefficient (Wildman–Crippen LogP) is 3.03. The normalized spacial score (nSPS) is 11.8. The minimum Gasteiger partial charge on any atom is -0.424 e. The maximum atomic E-state index is 8.90. The quantitative estimate of drug-likeness (QED) is 0.875. The Kier molecular flexibility index (Phi) is 3.10. The molecule has 2 aromatic rings. The van der Waals surface area contributed by atoms with E-state index >= 15 is 0 Å². The van der Waals surface area contributed by atoms with Crippen molar-refractivity contribution in [3.8, 4) is 6.07 Å². The van der Waals surface area contributed by atoms with E-state index in [1.807, 2.05) is 43.3 Å². The lowest BCUT2D eigenvalue weighted by Crippen LogP contribution is -2.06. The molecule has 0 amide bonds. The SMILES string of the molecule is Cc1nc(C#N)c(N[C@H](C)c2ccccc2)o1. The van der Waals surface area contributed by atoms with E-state index in [9.17, 15) is 0 Å². The Balaban J connectivity index is 2.19. The zero-order valence-electron chi connectivity index (χ0n) is 9.77. The Morgan fingerprint density at radius 2 is 2.06 bits per heavy atom. The molecule has 86 valence electrons. The second kappa shape index (κ2) is 4.71. The highest BCUT2D eigenvalue weighted by Crippen LogP contribution is 2.22. The molecule has 0 bridgehead atoms. The van der Waals surface area contributed by atoms with Gasteiger partial charge in [0.1, 0.15) is 6.07 Å². The van der Waals surface area contributed by atoms with Gasteiger partial charge >= 0.3 is 0 Å². The number of nitrogens with zero attached hydrogens (tertiary/aromatic N) is 2. The Labute approximate surface area is 99.9 Å². The van der Waals surface area contributed by atoms with Crippen molar-refractivity contribution in [3.05, 3.63) is 47.5 Å². The van der Waals surface area contributed by atoms with Gasteiger partial charge in [-0.3, -0.25) is 0 Å². The average Bonchev–Trinajstić information content (AvgIpc) is 2.70. The standard InChI is InChI=1S/C13H13N3O/c1-9(11-6-4-3-5-7-11)15-13-12(8-14)16-10(2)17-13/h3-7,9,15H,1-2H3/t9-/m1/s1. The fourth-order valence-electron chi connectivity index (χ4n) is 1.62. The first kappa shape index (κ1) is 11.2. The van der Waals surface area contributed by atoms with Gasteiger partial charge in [-0.2, -0.15) is 5.26 Å². The summed E-state index contributed by atoms with van der Waals surface area (Å²) >= 11 is 0. The molecule has 0 aliphatic carbocycles. The molecule has 1 N–H and O–H groups in total. The van der Waals surface area contributed by atoms with Gasteiger partial charge < -0.3 is 9.73 Å². The first-order valence-electron chi connectivity index (χ1n) is 5.39. The van der Waals surface area contributed by atoms with E-state index in [4.69, 9.17) is 9.68 Å². The van der Waals surface area contributed by atoms with Crippen molar-refractivity contribution in [2.24, 2.45) is 0 Å². The number of nitrogens with one attached hydrogen (secondary N) is 1. The van der Waals surface area contributed by atoms with Crippen molar-refractivity contribution in [1.82, 2.24) is 4.98 Å². The van der Waals surface area contributed by atoms with Crippen LogP contribution >= 0.6 is 0 Å². The third kappa shape index (κ3) is 2.45. The first-order valence-corrected chi connectivity index (χ1v) is 5.39. The molecule has 2 rings (SSSR count). The molecule has 4 heteroatoms. The van der Waals surface area contributed by atoms with Crippen LogP contribution in [0.5, 0.6) is 0 Å². The van der Waals surface area contributed by atoms with Gasteiger partial charge in [0.05, 0.1) is 6.04 Å². The third-order valence-corrected chi connectivity index (χ3v) is 2.49. The Hall–Kier alpha value is -2.28. The van der Waals surface area contributed by atoms with Crippen LogP contribution in [-0.2, 0) is 0 Å². The van der Waals surface area contributed by atoms with Gasteiger partial charge in [0.25, 0.3) is 0 Å². The molecule has 0 spiro atoms. The predicted molar refractivity (Wildman–Crippen MR) is 64.4 cm³/mol. The highest BCUT2D eigenvalue weighted by atomic mass is 16.4.